The largest absolute Gasteiger partial charge is 0.364 e. The zero-order valence-electron chi connectivity index (χ0n) is 6.70. The molecule has 1 aromatic carbocycles. The molecule has 1 heteroatoms. The number of nitrogens with one attached hydrogen (secondary N) is 1. The first kappa shape index (κ1) is 7.17. The Bertz CT molecular complexity index is 321. The van der Waals surface area contributed by atoms with Crippen molar-refractivity contribution in [1.29, 1.82) is 0 Å². The fourth-order valence-electron chi connectivity index (χ4n) is 1.16. The molecule has 0 unspecified atom stereocenters. The van der Waals surface area contributed by atoms with Crippen LogP contribution in [0.2, 0.25) is 0 Å². The Hall–Kier alpha value is -1.50. The molecule has 0 saturated heterocycles. The molecule has 0 amide bonds. The normalized spacial score (nSPS) is 10.0. The van der Waals surface area contributed by atoms with Crippen molar-refractivity contribution in [2.75, 3.05) is 0 Å². The molecule has 0 bridgehead atoms. The first-order chi connectivity index (χ1) is 5.95. The summed E-state index contributed by atoms with van der Waals surface area (Å²) in [7, 11) is 0. The Kier molecular flexibility index (Phi) is 1.95. The van der Waals surface area contributed by atoms with Crippen LogP contribution in [0.3, 0.4) is 0 Å². The molecule has 12 heavy (non-hydrogen) atoms. The number of aromatic amines is 1. The van der Waals surface area contributed by atoms with Crippen molar-refractivity contribution in [1.82, 2.24) is 4.98 Å². The Morgan fingerprint density at radius 3 is 2.42 bits per heavy atom. The minimum atomic E-state index is 1.14. The zero-order chi connectivity index (χ0) is 8.23. The van der Waals surface area contributed by atoms with E-state index in [9.17, 15) is 0 Å². The molecule has 0 atom stereocenters. The number of H-pyrrole nitrogens is 1. The Morgan fingerprint density at radius 1 is 0.917 bits per heavy atom. The molecule has 1 nitrogen and oxygen atoms in total. The van der Waals surface area contributed by atoms with E-state index in [1.807, 2.05) is 36.5 Å². The summed E-state index contributed by atoms with van der Waals surface area (Å²) >= 11 is 0. The van der Waals surface area contributed by atoms with Crippen molar-refractivity contribution >= 4 is 0 Å². The molecular weight excluding hydrogens is 146 g/mol. The third kappa shape index (κ3) is 1.56. The fourth-order valence-corrected chi connectivity index (χ4v) is 1.16. The van der Waals surface area contributed by atoms with Gasteiger partial charge in [0.1, 0.15) is 0 Å². The summed E-state index contributed by atoms with van der Waals surface area (Å²) in [5.41, 5.74) is 2.36. The van der Waals surface area contributed by atoms with Gasteiger partial charge in [-0.3, -0.25) is 0 Å². The summed E-state index contributed by atoms with van der Waals surface area (Å²) in [6.07, 6.45) is 4.04. The number of hydrogen-bond acceptors (Lipinski definition) is 0. The van der Waals surface area contributed by atoms with Crippen LogP contribution in [-0.4, -0.2) is 4.98 Å². The second kappa shape index (κ2) is 3.26. The van der Waals surface area contributed by atoms with Gasteiger partial charge in [-0.05, 0) is 17.7 Å². The van der Waals surface area contributed by atoms with Gasteiger partial charge < -0.3 is 4.98 Å². The van der Waals surface area contributed by atoms with Gasteiger partial charge in [0.15, 0.2) is 0 Å². The van der Waals surface area contributed by atoms with E-state index in [0.717, 1.165) is 5.69 Å². The van der Waals surface area contributed by atoms with Crippen LogP contribution in [0.1, 0.15) is 11.3 Å². The van der Waals surface area contributed by atoms with Crippen molar-refractivity contribution in [2.24, 2.45) is 0 Å². The van der Waals surface area contributed by atoms with Crippen LogP contribution in [0.15, 0.2) is 48.7 Å². The zero-order valence-corrected chi connectivity index (χ0v) is 6.70. The highest BCUT2D eigenvalue weighted by molar-refractivity contribution is 5.32. The van der Waals surface area contributed by atoms with Crippen LogP contribution in [0.25, 0.3) is 0 Å². The average molecular weight is 156 g/mol. The van der Waals surface area contributed by atoms with Gasteiger partial charge in [0.2, 0.25) is 0 Å². The Labute approximate surface area is 72.1 Å². The molecule has 2 aromatic rings. The molecule has 59 valence electrons. The summed E-state index contributed by atoms with van der Waals surface area (Å²) in [6, 6.07) is 14.3. The van der Waals surface area contributed by atoms with E-state index in [1.165, 1.54) is 5.56 Å². The first-order valence-electron chi connectivity index (χ1n) is 3.98. The molecular formula is C11H10N. The lowest BCUT2D eigenvalue weighted by molar-refractivity contribution is 1.28. The van der Waals surface area contributed by atoms with E-state index < -0.39 is 0 Å². The number of aromatic nitrogens is 1. The number of hydrogen-bond donors (Lipinski definition) is 1. The lowest BCUT2D eigenvalue weighted by Gasteiger charge is -1.96. The van der Waals surface area contributed by atoms with E-state index in [4.69, 9.17) is 0 Å². The third-order valence-corrected chi connectivity index (χ3v) is 1.74. The van der Waals surface area contributed by atoms with Gasteiger partial charge in [0.25, 0.3) is 0 Å². The van der Waals surface area contributed by atoms with Crippen molar-refractivity contribution in [3.05, 3.63) is 66.3 Å². The highest BCUT2D eigenvalue weighted by Crippen LogP contribution is 2.08. The molecule has 2 rings (SSSR count). The lowest BCUT2D eigenvalue weighted by atomic mass is 10.1. The van der Waals surface area contributed by atoms with Gasteiger partial charge in [-0.1, -0.05) is 30.3 Å². The van der Waals surface area contributed by atoms with Crippen molar-refractivity contribution in [3.8, 4) is 0 Å². The van der Waals surface area contributed by atoms with Crippen molar-refractivity contribution in [3.63, 3.8) is 0 Å². The smallest absolute Gasteiger partial charge is 0.0364 e. The second-order valence-corrected chi connectivity index (χ2v) is 2.68. The minimum Gasteiger partial charge on any atom is -0.364 e. The fraction of sp³-hybridized carbons (Fsp3) is 0. The molecule has 1 N–H and O–H groups in total. The van der Waals surface area contributed by atoms with Crippen molar-refractivity contribution < 1.29 is 0 Å². The van der Waals surface area contributed by atoms with Crippen LogP contribution in [0.4, 0.5) is 0 Å². The van der Waals surface area contributed by atoms with Crippen LogP contribution in [-0.2, 0) is 0 Å². The molecule has 0 spiro atoms. The minimum absolute atomic E-state index is 1.14. The van der Waals surface area contributed by atoms with Gasteiger partial charge >= 0.3 is 0 Å². The van der Waals surface area contributed by atoms with E-state index >= 15 is 0 Å². The van der Waals surface area contributed by atoms with E-state index in [2.05, 4.69) is 23.5 Å². The topological polar surface area (TPSA) is 15.8 Å². The van der Waals surface area contributed by atoms with Crippen LogP contribution in [0, 0.1) is 6.42 Å². The van der Waals surface area contributed by atoms with E-state index in [0.29, 0.717) is 0 Å². The predicted molar refractivity (Wildman–Crippen MR) is 49.7 cm³/mol. The van der Waals surface area contributed by atoms with Gasteiger partial charge in [0, 0.05) is 18.3 Å². The van der Waals surface area contributed by atoms with Gasteiger partial charge in [-0.25, -0.2) is 0 Å². The van der Waals surface area contributed by atoms with E-state index in [1.54, 1.807) is 0 Å². The highest BCUT2D eigenvalue weighted by Gasteiger charge is 1.94. The summed E-state index contributed by atoms with van der Waals surface area (Å²) in [5.74, 6) is 0. The molecule has 1 aromatic heterocycles. The van der Waals surface area contributed by atoms with Gasteiger partial charge in [0.05, 0.1) is 0 Å². The molecule has 0 aliphatic carbocycles. The van der Waals surface area contributed by atoms with Crippen LogP contribution >= 0.6 is 0 Å². The monoisotopic (exact) mass is 156 g/mol. The van der Waals surface area contributed by atoms with Crippen LogP contribution in [0.5, 0.6) is 0 Å². The van der Waals surface area contributed by atoms with Gasteiger partial charge in [-0.2, -0.15) is 0 Å². The SMILES string of the molecule is [CH](c1ccccc1)c1ccc[nH]1. The summed E-state index contributed by atoms with van der Waals surface area (Å²) in [4.78, 5) is 3.13. The van der Waals surface area contributed by atoms with E-state index in [-0.39, 0.29) is 0 Å². The lowest BCUT2D eigenvalue weighted by Crippen LogP contribution is -1.82. The molecule has 1 heterocycles. The third-order valence-electron chi connectivity index (χ3n) is 1.74. The molecule has 1 radical (unpaired) electrons. The highest BCUT2D eigenvalue weighted by atomic mass is 14.7. The number of rotatable bonds is 2. The second-order valence-electron chi connectivity index (χ2n) is 2.68. The Balaban J connectivity index is 2.15. The van der Waals surface area contributed by atoms with Gasteiger partial charge in [-0.15, -0.1) is 0 Å². The maximum absolute atomic E-state index is 3.13. The molecule has 0 aliphatic heterocycles. The first-order valence-corrected chi connectivity index (χ1v) is 3.98. The van der Waals surface area contributed by atoms with Crippen molar-refractivity contribution in [2.45, 2.75) is 0 Å². The average Bonchev–Trinajstić information content (AvgIpc) is 2.59. The van der Waals surface area contributed by atoms with Crippen LogP contribution < -0.4 is 0 Å². The molecule has 0 saturated carbocycles. The quantitative estimate of drug-likeness (QED) is 0.688. The summed E-state index contributed by atoms with van der Waals surface area (Å²) in [5, 5.41) is 0. The predicted octanol–water partition coefficient (Wildman–Crippen LogP) is 2.62. The molecule has 0 fully saturated rings. The summed E-state index contributed by atoms with van der Waals surface area (Å²) in [6.45, 7) is 0. The Morgan fingerprint density at radius 2 is 1.75 bits per heavy atom. The standard InChI is InChI=1S/C11H10N/c1-2-5-10(6-3-1)9-11-7-4-8-12-11/h1-9,12H. The maximum Gasteiger partial charge on any atom is 0.0364 e. The number of benzene rings is 1. The summed E-state index contributed by atoms with van der Waals surface area (Å²) < 4.78 is 0. The maximum atomic E-state index is 3.13. The molecule has 0 aliphatic rings.